The molecule has 1 aliphatic rings. The van der Waals surface area contributed by atoms with E-state index in [1.165, 1.54) is 5.56 Å². The van der Waals surface area contributed by atoms with Crippen LogP contribution in [0.5, 0.6) is 0 Å². The quantitative estimate of drug-likeness (QED) is 0.822. The molecule has 0 N–H and O–H groups in total. The number of morpholine rings is 1. The monoisotopic (exact) mass is 262 g/mol. The molecule has 6 heteroatoms. The third-order valence-corrected chi connectivity index (χ3v) is 3.32. The van der Waals surface area contributed by atoms with Crippen LogP contribution in [0, 0.1) is 6.92 Å². The van der Waals surface area contributed by atoms with Gasteiger partial charge < -0.3 is 14.4 Å². The van der Waals surface area contributed by atoms with Gasteiger partial charge in [-0.2, -0.15) is 9.61 Å². The lowest BCUT2D eigenvalue weighted by Crippen LogP contribution is -2.45. The second kappa shape index (κ2) is 5.14. The number of aromatic nitrogens is 3. The summed E-state index contributed by atoms with van der Waals surface area (Å²) in [4.78, 5) is 6.54. The van der Waals surface area contributed by atoms with Crippen LogP contribution in [0.3, 0.4) is 0 Å². The van der Waals surface area contributed by atoms with E-state index in [0.29, 0.717) is 13.2 Å². The molecule has 1 saturated heterocycles. The molecule has 0 unspecified atom stereocenters. The summed E-state index contributed by atoms with van der Waals surface area (Å²) in [6.45, 7) is 5.07. The molecule has 2 aromatic heterocycles. The molecular weight excluding hydrogens is 244 g/mol. The van der Waals surface area contributed by atoms with E-state index in [-0.39, 0.29) is 6.10 Å². The van der Waals surface area contributed by atoms with Crippen LogP contribution in [-0.2, 0) is 9.47 Å². The number of fused-ring (bicyclic) bond motifs is 1. The number of rotatable bonds is 3. The molecule has 1 fully saturated rings. The number of aryl methyl sites for hydroxylation is 1. The number of hydrogen-bond acceptors (Lipinski definition) is 5. The lowest BCUT2D eigenvalue weighted by molar-refractivity contribution is -0.0103. The highest BCUT2D eigenvalue weighted by Gasteiger charge is 2.22. The van der Waals surface area contributed by atoms with Gasteiger partial charge in [0.15, 0.2) is 5.65 Å². The van der Waals surface area contributed by atoms with E-state index in [4.69, 9.17) is 9.47 Å². The molecule has 6 nitrogen and oxygen atoms in total. The molecule has 0 amide bonds. The second-order valence-corrected chi connectivity index (χ2v) is 4.82. The number of nitrogens with zero attached hydrogens (tertiary/aromatic N) is 4. The minimum absolute atomic E-state index is 0.109. The Balaban J connectivity index is 1.92. The maximum atomic E-state index is 5.68. The summed E-state index contributed by atoms with van der Waals surface area (Å²) in [5.74, 6) is 1.07. The highest BCUT2D eigenvalue weighted by Crippen LogP contribution is 2.20. The first-order valence-electron chi connectivity index (χ1n) is 6.44. The Labute approximate surface area is 111 Å². The van der Waals surface area contributed by atoms with Gasteiger partial charge in [0.25, 0.3) is 0 Å². The average molecular weight is 262 g/mol. The summed E-state index contributed by atoms with van der Waals surface area (Å²) in [6.07, 6.45) is 1.70. The molecule has 2 aromatic rings. The first-order chi connectivity index (χ1) is 9.28. The standard InChI is InChI=1S/C13H18N4O2/c1-10-5-12-14-9-15-17(12)13(6-10)16-3-4-19-11(7-16)8-18-2/h5-6,9,11H,3-4,7-8H2,1-2H3/t11-/m1/s1. The molecule has 0 aromatic carbocycles. The Hall–Kier alpha value is -1.66. The number of ether oxygens (including phenoxy) is 2. The molecule has 102 valence electrons. The van der Waals surface area contributed by atoms with E-state index in [9.17, 15) is 0 Å². The van der Waals surface area contributed by atoms with Gasteiger partial charge in [0.2, 0.25) is 0 Å². The maximum Gasteiger partial charge on any atom is 0.157 e. The molecule has 3 rings (SSSR count). The van der Waals surface area contributed by atoms with Crippen molar-refractivity contribution < 1.29 is 9.47 Å². The van der Waals surface area contributed by atoms with Crippen LogP contribution in [0.2, 0.25) is 0 Å². The zero-order valence-electron chi connectivity index (χ0n) is 11.2. The van der Waals surface area contributed by atoms with Gasteiger partial charge in [-0.15, -0.1) is 0 Å². The highest BCUT2D eigenvalue weighted by atomic mass is 16.5. The van der Waals surface area contributed by atoms with Crippen LogP contribution in [0.4, 0.5) is 5.82 Å². The minimum atomic E-state index is 0.109. The third kappa shape index (κ3) is 2.41. The summed E-state index contributed by atoms with van der Waals surface area (Å²) < 4.78 is 12.7. The molecule has 0 spiro atoms. The lowest BCUT2D eigenvalue weighted by atomic mass is 10.2. The van der Waals surface area contributed by atoms with E-state index >= 15 is 0 Å². The van der Waals surface area contributed by atoms with Gasteiger partial charge in [-0.25, -0.2) is 4.98 Å². The van der Waals surface area contributed by atoms with E-state index in [2.05, 4.69) is 28.0 Å². The molecule has 0 bridgehead atoms. The molecule has 3 heterocycles. The van der Waals surface area contributed by atoms with Crippen LogP contribution in [0.1, 0.15) is 5.56 Å². The molecule has 19 heavy (non-hydrogen) atoms. The second-order valence-electron chi connectivity index (χ2n) is 4.82. The first kappa shape index (κ1) is 12.4. The zero-order chi connectivity index (χ0) is 13.2. The van der Waals surface area contributed by atoms with Crippen molar-refractivity contribution in [3.63, 3.8) is 0 Å². The van der Waals surface area contributed by atoms with Gasteiger partial charge in [-0.1, -0.05) is 0 Å². The Morgan fingerprint density at radius 2 is 2.37 bits per heavy atom. The van der Waals surface area contributed by atoms with Gasteiger partial charge >= 0.3 is 0 Å². The van der Waals surface area contributed by atoms with Crippen LogP contribution in [0.15, 0.2) is 18.5 Å². The first-order valence-corrected chi connectivity index (χ1v) is 6.44. The smallest absolute Gasteiger partial charge is 0.157 e. The van der Waals surface area contributed by atoms with Crippen molar-refractivity contribution in [1.29, 1.82) is 0 Å². The topological polar surface area (TPSA) is 51.9 Å². The van der Waals surface area contributed by atoms with E-state index in [1.807, 2.05) is 10.6 Å². The van der Waals surface area contributed by atoms with Gasteiger partial charge in [-0.05, 0) is 24.6 Å². The van der Waals surface area contributed by atoms with Crippen molar-refractivity contribution in [3.05, 3.63) is 24.0 Å². The van der Waals surface area contributed by atoms with Crippen LogP contribution < -0.4 is 4.90 Å². The highest BCUT2D eigenvalue weighted by molar-refractivity contribution is 5.53. The Bertz CT molecular complexity index is 567. The molecule has 1 atom stereocenters. The number of anilines is 1. The van der Waals surface area contributed by atoms with Gasteiger partial charge in [-0.3, -0.25) is 0 Å². The van der Waals surface area contributed by atoms with E-state index in [0.717, 1.165) is 24.6 Å². The van der Waals surface area contributed by atoms with Crippen molar-refractivity contribution in [2.75, 3.05) is 38.3 Å². The van der Waals surface area contributed by atoms with Crippen molar-refractivity contribution >= 4 is 11.5 Å². The maximum absolute atomic E-state index is 5.68. The molecule has 0 aliphatic carbocycles. The molecular formula is C13H18N4O2. The normalized spacial score (nSPS) is 20.1. The van der Waals surface area contributed by atoms with Crippen LogP contribution in [0.25, 0.3) is 5.65 Å². The largest absolute Gasteiger partial charge is 0.382 e. The SMILES string of the molecule is COC[C@H]1CN(c2cc(C)cc3ncnn23)CCO1. The van der Waals surface area contributed by atoms with Crippen LogP contribution >= 0.6 is 0 Å². The minimum Gasteiger partial charge on any atom is -0.382 e. The van der Waals surface area contributed by atoms with Gasteiger partial charge in [0.1, 0.15) is 12.1 Å². The third-order valence-electron chi connectivity index (χ3n) is 3.32. The van der Waals surface area contributed by atoms with Crippen molar-refractivity contribution in [2.45, 2.75) is 13.0 Å². The Morgan fingerprint density at radius 1 is 1.47 bits per heavy atom. The summed E-state index contributed by atoms with van der Waals surface area (Å²) >= 11 is 0. The van der Waals surface area contributed by atoms with Gasteiger partial charge in [0, 0.05) is 20.2 Å². The van der Waals surface area contributed by atoms with Crippen molar-refractivity contribution in [2.24, 2.45) is 0 Å². The van der Waals surface area contributed by atoms with E-state index in [1.54, 1.807) is 13.4 Å². The molecule has 1 aliphatic heterocycles. The summed E-state index contributed by atoms with van der Waals surface area (Å²) in [5, 5.41) is 4.30. The predicted octanol–water partition coefficient (Wildman–Crippen LogP) is 0.889. The zero-order valence-corrected chi connectivity index (χ0v) is 11.2. The molecule has 0 radical (unpaired) electrons. The fourth-order valence-corrected chi connectivity index (χ4v) is 2.47. The number of hydrogen-bond donors (Lipinski definition) is 0. The van der Waals surface area contributed by atoms with Gasteiger partial charge in [0.05, 0.1) is 19.3 Å². The Kier molecular flexibility index (Phi) is 3.35. The molecule has 0 saturated carbocycles. The average Bonchev–Trinajstić information content (AvgIpc) is 2.86. The number of methoxy groups -OCH3 is 1. The lowest BCUT2D eigenvalue weighted by Gasteiger charge is -2.34. The van der Waals surface area contributed by atoms with E-state index < -0.39 is 0 Å². The van der Waals surface area contributed by atoms with Crippen LogP contribution in [-0.4, -0.2) is 54.1 Å². The fraction of sp³-hybridized carbons (Fsp3) is 0.538. The number of pyridine rings is 1. The Morgan fingerprint density at radius 3 is 3.21 bits per heavy atom. The summed E-state index contributed by atoms with van der Waals surface area (Å²) in [5.41, 5.74) is 2.06. The summed E-state index contributed by atoms with van der Waals surface area (Å²) in [7, 11) is 1.70. The fourth-order valence-electron chi connectivity index (χ4n) is 2.47. The van der Waals surface area contributed by atoms with Crippen molar-refractivity contribution in [1.82, 2.24) is 14.6 Å². The van der Waals surface area contributed by atoms with Crippen molar-refractivity contribution in [3.8, 4) is 0 Å². The predicted molar refractivity (Wildman–Crippen MR) is 71.6 cm³/mol. The summed E-state index contributed by atoms with van der Waals surface area (Å²) in [6, 6.07) is 4.17.